The molecule has 0 saturated carbocycles. The summed E-state index contributed by atoms with van der Waals surface area (Å²) in [6.07, 6.45) is 0. The van der Waals surface area contributed by atoms with Crippen molar-refractivity contribution < 1.29 is 4.92 Å². The number of nitro groups is 1. The molecule has 2 aromatic rings. The van der Waals surface area contributed by atoms with Gasteiger partial charge in [-0.25, -0.2) is 0 Å². The third-order valence-electron chi connectivity index (χ3n) is 3.46. The predicted molar refractivity (Wildman–Crippen MR) is 86.1 cm³/mol. The van der Waals surface area contributed by atoms with Gasteiger partial charge in [-0.2, -0.15) is 0 Å². The number of nitrogens with one attached hydrogen (secondary N) is 1. The summed E-state index contributed by atoms with van der Waals surface area (Å²) in [7, 11) is 0. The van der Waals surface area contributed by atoms with Gasteiger partial charge in [0.1, 0.15) is 5.02 Å². The number of rotatable bonds is 4. The van der Waals surface area contributed by atoms with E-state index < -0.39 is 4.92 Å². The monoisotopic (exact) mass is 304 g/mol. The second kappa shape index (κ2) is 6.14. The Morgan fingerprint density at radius 3 is 2.48 bits per heavy atom. The molecule has 5 heteroatoms. The van der Waals surface area contributed by atoms with Gasteiger partial charge in [-0.15, -0.1) is 0 Å². The number of aryl methyl sites for hydroxylation is 3. The van der Waals surface area contributed by atoms with Crippen molar-refractivity contribution in [3.8, 4) is 0 Å². The van der Waals surface area contributed by atoms with Gasteiger partial charge in [0.05, 0.1) is 4.92 Å². The van der Waals surface area contributed by atoms with Crippen LogP contribution in [0.4, 0.5) is 11.4 Å². The Hall–Kier alpha value is -2.07. The highest BCUT2D eigenvalue weighted by Gasteiger charge is 2.14. The number of nitrogens with zero attached hydrogens (tertiary/aromatic N) is 1. The van der Waals surface area contributed by atoms with Crippen LogP contribution in [0.25, 0.3) is 0 Å². The van der Waals surface area contributed by atoms with Crippen molar-refractivity contribution in [2.24, 2.45) is 0 Å². The summed E-state index contributed by atoms with van der Waals surface area (Å²) in [5, 5.41) is 14.3. The van der Waals surface area contributed by atoms with Crippen LogP contribution in [0.15, 0.2) is 30.3 Å². The molecule has 0 fully saturated rings. The minimum absolute atomic E-state index is 0.0637. The molecule has 0 bridgehead atoms. The highest BCUT2D eigenvalue weighted by Crippen LogP contribution is 2.30. The molecule has 0 saturated heterocycles. The fraction of sp³-hybridized carbons (Fsp3) is 0.250. The van der Waals surface area contributed by atoms with Crippen LogP contribution in [-0.2, 0) is 6.54 Å². The first-order valence-corrected chi connectivity index (χ1v) is 7.01. The Morgan fingerprint density at radius 1 is 1.14 bits per heavy atom. The van der Waals surface area contributed by atoms with E-state index in [0.29, 0.717) is 6.54 Å². The second-order valence-electron chi connectivity index (χ2n) is 5.16. The van der Waals surface area contributed by atoms with E-state index in [1.807, 2.05) is 6.92 Å². The number of benzene rings is 2. The maximum Gasteiger partial charge on any atom is 0.288 e. The molecule has 1 N–H and O–H groups in total. The zero-order chi connectivity index (χ0) is 15.6. The predicted octanol–water partition coefficient (Wildman–Crippen LogP) is 4.79. The molecule has 0 atom stereocenters. The zero-order valence-electron chi connectivity index (χ0n) is 12.2. The summed E-state index contributed by atoms with van der Waals surface area (Å²) >= 11 is 5.95. The van der Waals surface area contributed by atoms with Crippen LogP contribution >= 0.6 is 11.6 Å². The Bertz CT molecular complexity index is 699. The summed E-state index contributed by atoms with van der Waals surface area (Å²) < 4.78 is 0. The summed E-state index contributed by atoms with van der Waals surface area (Å²) in [6.45, 7) is 6.61. The van der Waals surface area contributed by atoms with E-state index in [2.05, 4.69) is 37.4 Å². The maximum absolute atomic E-state index is 10.8. The van der Waals surface area contributed by atoms with Gasteiger partial charge in [0.15, 0.2) is 0 Å². The molecule has 0 aliphatic rings. The largest absolute Gasteiger partial charge is 0.381 e. The van der Waals surface area contributed by atoms with Crippen LogP contribution < -0.4 is 5.32 Å². The van der Waals surface area contributed by atoms with E-state index in [4.69, 9.17) is 11.6 Å². The molecule has 0 unspecified atom stereocenters. The smallest absolute Gasteiger partial charge is 0.288 e. The van der Waals surface area contributed by atoms with E-state index in [9.17, 15) is 10.1 Å². The first-order chi connectivity index (χ1) is 9.88. The van der Waals surface area contributed by atoms with Gasteiger partial charge < -0.3 is 5.32 Å². The van der Waals surface area contributed by atoms with E-state index in [1.54, 1.807) is 6.07 Å². The highest BCUT2D eigenvalue weighted by molar-refractivity contribution is 6.33. The Labute approximate surface area is 128 Å². The van der Waals surface area contributed by atoms with Crippen LogP contribution in [-0.4, -0.2) is 4.92 Å². The molecule has 0 aliphatic heterocycles. The van der Waals surface area contributed by atoms with Crippen molar-refractivity contribution >= 4 is 23.0 Å². The third-order valence-corrected chi connectivity index (χ3v) is 3.76. The van der Waals surface area contributed by atoms with Gasteiger partial charge in [-0.1, -0.05) is 35.4 Å². The molecular formula is C16H17ClN2O2. The first-order valence-electron chi connectivity index (χ1n) is 6.63. The topological polar surface area (TPSA) is 55.2 Å². The molecule has 4 nitrogen and oxygen atoms in total. The maximum atomic E-state index is 10.8. The van der Waals surface area contributed by atoms with E-state index in [0.717, 1.165) is 11.3 Å². The Morgan fingerprint density at radius 2 is 1.86 bits per heavy atom. The van der Waals surface area contributed by atoms with E-state index in [1.165, 1.54) is 22.8 Å². The molecule has 21 heavy (non-hydrogen) atoms. The summed E-state index contributed by atoms with van der Waals surface area (Å²) in [5.41, 5.74) is 5.18. The fourth-order valence-electron chi connectivity index (χ4n) is 2.23. The molecule has 0 amide bonds. The molecule has 2 rings (SSSR count). The van der Waals surface area contributed by atoms with Crippen LogP contribution in [0.2, 0.25) is 5.02 Å². The van der Waals surface area contributed by atoms with Gasteiger partial charge in [0.25, 0.3) is 5.69 Å². The lowest BCUT2D eigenvalue weighted by Crippen LogP contribution is -2.03. The van der Waals surface area contributed by atoms with E-state index >= 15 is 0 Å². The van der Waals surface area contributed by atoms with Crippen molar-refractivity contribution in [3.05, 3.63) is 67.7 Å². The zero-order valence-corrected chi connectivity index (χ0v) is 13.0. The molecule has 0 aliphatic carbocycles. The van der Waals surface area contributed by atoms with Crippen LogP contribution in [0.3, 0.4) is 0 Å². The summed E-state index contributed by atoms with van der Waals surface area (Å²) in [5.74, 6) is 0. The van der Waals surface area contributed by atoms with Crippen molar-refractivity contribution in [1.29, 1.82) is 0 Å². The fourth-order valence-corrected chi connectivity index (χ4v) is 2.46. The molecule has 0 spiro atoms. The molecule has 0 radical (unpaired) electrons. The third kappa shape index (κ3) is 3.52. The number of anilines is 1. The lowest BCUT2D eigenvalue weighted by atomic mass is 10.1. The molecule has 0 heterocycles. The van der Waals surface area contributed by atoms with Crippen LogP contribution in [0.5, 0.6) is 0 Å². The normalized spacial score (nSPS) is 10.5. The lowest BCUT2D eigenvalue weighted by Gasteiger charge is -2.12. The van der Waals surface area contributed by atoms with Gasteiger partial charge in [0.2, 0.25) is 0 Å². The summed E-state index contributed by atoms with van der Waals surface area (Å²) in [4.78, 5) is 10.4. The molecule has 110 valence electrons. The standard InChI is InChI=1S/C16H17ClN2O2/c1-10-4-5-13(11(2)6-10)9-18-15-8-14(17)16(19(20)21)7-12(15)3/h4-8,18H,9H2,1-3H3. The number of nitro benzene ring substituents is 1. The van der Waals surface area contributed by atoms with Gasteiger partial charge in [0, 0.05) is 18.3 Å². The van der Waals surface area contributed by atoms with Crippen molar-refractivity contribution in [3.63, 3.8) is 0 Å². The van der Waals surface area contributed by atoms with Crippen LogP contribution in [0, 0.1) is 30.9 Å². The molecular weight excluding hydrogens is 288 g/mol. The summed E-state index contributed by atoms with van der Waals surface area (Å²) in [6, 6.07) is 9.39. The minimum Gasteiger partial charge on any atom is -0.381 e. The lowest BCUT2D eigenvalue weighted by molar-refractivity contribution is -0.384. The van der Waals surface area contributed by atoms with Gasteiger partial charge in [-0.3, -0.25) is 10.1 Å². The molecule has 0 aromatic heterocycles. The average molecular weight is 305 g/mol. The van der Waals surface area contributed by atoms with Crippen molar-refractivity contribution in [2.45, 2.75) is 27.3 Å². The van der Waals surface area contributed by atoms with Crippen molar-refractivity contribution in [1.82, 2.24) is 0 Å². The van der Waals surface area contributed by atoms with Crippen LogP contribution in [0.1, 0.15) is 22.3 Å². The van der Waals surface area contributed by atoms with Gasteiger partial charge in [-0.05, 0) is 43.5 Å². The average Bonchev–Trinajstić information content (AvgIpc) is 2.40. The second-order valence-corrected chi connectivity index (χ2v) is 5.57. The molecule has 2 aromatic carbocycles. The SMILES string of the molecule is Cc1ccc(CNc2cc(Cl)c([N+](=O)[O-])cc2C)c(C)c1. The highest BCUT2D eigenvalue weighted by atomic mass is 35.5. The van der Waals surface area contributed by atoms with E-state index in [-0.39, 0.29) is 10.7 Å². The minimum atomic E-state index is -0.469. The number of halogens is 1. The number of hydrogen-bond acceptors (Lipinski definition) is 3. The Balaban J connectivity index is 2.20. The van der Waals surface area contributed by atoms with Gasteiger partial charge >= 0.3 is 0 Å². The Kier molecular flexibility index (Phi) is 4.48. The first kappa shape index (κ1) is 15.3. The van der Waals surface area contributed by atoms with Crippen molar-refractivity contribution in [2.75, 3.05) is 5.32 Å². The quantitative estimate of drug-likeness (QED) is 0.653. The number of hydrogen-bond donors (Lipinski definition) is 1.